The third-order valence-corrected chi connectivity index (χ3v) is 3.80. The van der Waals surface area contributed by atoms with Crippen LogP contribution in [0.5, 0.6) is 0 Å². The van der Waals surface area contributed by atoms with E-state index in [0.717, 1.165) is 27.4 Å². The Hall–Kier alpha value is -2.63. The van der Waals surface area contributed by atoms with Crippen molar-refractivity contribution in [2.75, 3.05) is 5.73 Å². The molecule has 0 bridgehead atoms. The predicted molar refractivity (Wildman–Crippen MR) is 94.8 cm³/mol. The molecule has 0 radical (unpaired) electrons. The molecule has 6 nitrogen and oxygen atoms in total. The minimum absolute atomic E-state index is 0.0810. The smallest absolute Gasteiger partial charge is 0.326 e. The van der Waals surface area contributed by atoms with Crippen molar-refractivity contribution in [3.63, 3.8) is 0 Å². The van der Waals surface area contributed by atoms with Gasteiger partial charge in [0.05, 0.1) is 10.9 Å². The van der Waals surface area contributed by atoms with Gasteiger partial charge in [-0.3, -0.25) is 4.79 Å². The van der Waals surface area contributed by atoms with Crippen molar-refractivity contribution in [2.24, 2.45) is 0 Å². The normalized spacial score (nSPS) is 12.0. The van der Waals surface area contributed by atoms with Crippen molar-refractivity contribution in [2.45, 2.75) is 46.8 Å². The standard InChI is InChI=1S/C18H22N4O2/c1-10-6-11(2)15-12(7-10)14-16(19)20-9-21-17(14)22(15)8-13(23)24-18(3,4)5/h6-7,9H,8H2,1-5H3,(H2,19,20,21). The Balaban J connectivity index is 2.26. The molecule has 0 unspecified atom stereocenters. The summed E-state index contributed by atoms with van der Waals surface area (Å²) >= 11 is 0. The molecule has 2 aromatic heterocycles. The van der Waals surface area contributed by atoms with Crippen LogP contribution in [0.4, 0.5) is 5.82 Å². The number of rotatable bonds is 2. The van der Waals surface area contributed by atoms with E-state index in [2.05, 4.69) is 22.1 Å². The topological polar surface area (TPSA) is 83.0 Å². The maximum atomic E-state index is 12.4. The van der Waals surface area contributed by atoms with Gasteiger partial charge in [-0.05, 0) is 46.2 Å². The molecule has 24 heavy (non-hydrogen) atoms. The third-order valence-electron chi connectivity index (χ3n) is 3.80. The Bertz CT molecular complexity index is 951. The molecule has 3 rings (SSSR count). The molecule has 0 saturated carbocycles. The Morgan fingerprint density at radius 1 is 1.25 bits per heavy atom. The van der Waals surface area contributed by atoms with E-state index >= 15 is 0 Å². The van der Waals surface area contributed by atoms with Crippen LogP contribution in [0.25, 0.3) is 21.9 Å². The van der Waals surface area contributed by atoms with Crippen molar-refractivity contribution < 1.29 is 9.53 Å². The van der Waals surface area contributed by atoms with Gasteiger partial charge < -0.3 is 15.0 Å². The first-order valence-corrected chi connectivity index (χ1v) is 7.89. The number of hydrogen-bond donors (Lipinski definition) is 1. The first-order valence-electron chi connectivity index (χ1n) is 7.89. The molecule has 2 heterocycles. The molecule has 0 amide bonds. The molecular formula is C18H22N4O2. The summed E-state index contributed by atoms with van der Waals surface area (Å²) in [6.07, 6.45) is 1.42. The summed E-state index contributed by atoms with van der Waals surface area (Å²) in [6.45, 7) is 9.69. The number of nitrogen functional groups attached to an aromatic ring is 1. The van der Waals surface area contributed by atoms with E-state index in [1.807, 2.05) is 39.2 Å². The van der Waals surface area contributed by atoms with Gasteiger partial charge in [0.25, 0.3) is 0 Å². The summed E-state index contributed by atoms with van der Waals surface area (Å²) in [5, 5.41) is 1.74. The van der Waals surface area contributed by atoms with E-state index in [-0.39, 0.29) is 12.5 Å². The van der Waals surface area contributed by atoms with Gasteiger partial charge in [0.15, 0.2) is 0 Å². The predicted octanol–water partition coefficient (Wildman–Crippen LogP) is 3.13. The molecular weight excluding hydrogens is 304 g/mol. The van der Waals surface area contributed by atoms with Gasteiger partial charge in [-0.1, -0.05) is 11.6 Å². The number of ether oxygens (including phenoxy) is 1. The van der Waals surface area contributed by atoms with Crippen molar-refractivity contribution in [1.29, 1.82) is 0 Å². The average molecular weight is 326 g/mol. The largest absolute Gasteiger partial charge is 0.459 e. The highest BCUT2D eigenvalue weighted by Gasteiger charge is 2.21. The summed E-state index contributed by atoms with van der Waals surface area (Å²) in [5.41, 5.74) is 9.33. The van der Waals surface area contributed by atoms with Gasteiger partial charge >= 0.3 is 5.97 Å². The lowest BCUT2D eigenvalue weighted by Crippen LogP contribution is -2.26. The molecule has 0 spiro atoms. The van der Waals surface area contributed by atoms with Gasteiger partial charge in [0.2, 0.25) is 0 Å². The third kappa shape index (κ3) is 2.79. The zero-order chi connectivity index (χ0) is 17.6. The number of anilines is 1. The van der Waals surface area contributed by atoms with Crippen LogP contribution < -0.4 is 5.73 Å². The van der Waals surface area contributed by atoms with Crippen molar-refractivity contribution in [3.05, 3.63) is 29.6 Å². The fraction of sp³-hybridized carbons (Fsp3) is 0.389. The van der Waals surface area contributed by atoms with Crippen LogP contribution in [0.15, 0.2) is 18.5 Å². The molecule has 0 atom stereocenters. The van der Waals surface area contributed by atoms with Gasteiger partial charge in [-0.15, -0.1) is 0 Å². The van der Waals surface area contributed by atoms with Gasteiger partial charge in [-0.25, -0.2) is 9.97 Å². The van der Waals surface area contributed by atoms with Crippen molar-refractivity contribution in [1.82, 2.24) is 14.5 Å². The second-order valence-electron chi connectivity index (χ2n) is 7.11. The van der Waals surface area contributed by atoms with E-state index in [1.165, 1.54) is 6.33 Å². The molecule has 0 aliphatic rings. The van der Waals surface area contributed by atoms with Crippen LogP contribution in [0.3, 0.4) is 0 Å². The molecule has 6 heteroatoms. The lowest BCUT2D eigenvalue weighted by Gasteiger charge is -2.20. The molecule has 0 aliphatic heterocycles. The fourth-order valence-electron chi connectivity index (χ4n) is 3.12. The van der Waals surface area contributed by atoms with E-state index in [9.17, 15) is 4.79 Å². The fourth-order valence-corrected chi connectivity index (χ4v) is 3.12. The van der Waals surface area contributed by atoms with Crippen LogP contribution in [0.2, 0.25) is 0 Å². The quantitative estimate of drug-likeness (QED) is 0.732. The second-order valence-corrected chi connectivity index (χ2v) is 7.11. The highest BCUT2D eigenvalue weighted by molar-refractivity contribution is 6.12. The second kappa shape index (κ2) is 5.47. The van der Waals surface area contributed by atoms with Crippen LogP contribution in [0.1, 0.15) is 31.9 Å². The van der Waals surface area contributed by atoms with Gasteiger partial charge in [-0.2, -0.15) is 0 Å². The molecule has 126 valence electrons. The monoisotopic (exact) mass is 326 g/mol. The first-order chi connectivity index (χ1) is 11.2. The summed E-state index contributed by atoms with van der Waals surface area (Å²) in [6, 6.07) is 4.13. The Morgan fingerprint density at radius 3 is 2.62 bits per heavy atom. The maximum Gasteiger partial charge on any atom is 0.326 e. The average Bonchev–Trinajstić information content (AvgIpc) is 2.72. The minimum Gasteiger partial charge on any atom is -0.459 e. The molecule has 0 saturated heterocycles. The summed E-state index contributed by atoms with van der Waals surface area (Å²) in [4.78, 5) is 20.8. The summed E-state index contributed by atoms with van der Waals surface area (Å²) < 4.78 is 7.33. The van der Waals surface area contributed by atoms with E-state index < -0.39 is 5.60 Å². The number of fused-ring (bicyclic) bond motifs is 3. The SMILES string of the molecule is Cc1cc(C)c2c(c1)c1c(N)ncnc1n2CC(=O)OC(C)(C)C. The molecule has 2 N–H and O–H groups in total. The summed E-state index contributed by atoms with van der Waals surface area (Å²) in [5.74, 6) is 0.108. The summed E-state index contributed by atoms with van der Waals surface area (Å²) in [7, 11) is 0. The van der Waals surface area contributed by atoms with Crippen LogP contribution >= 0.6 is 0 Å². The molecule has 0 aliphatic carbocycles. The number of esters is 1. The first kappa shape index (κ1) is 16.2. The van der Waals surface area contributed by atoms with Gasteiger partial charge in [0.1, 0.15) is 29.9 Å². The van der Waals surface area contributed by atoms with Crippen LogP contribution in [0, 0.1) is 13.8 Å². The molecule has 3 aromatic rings. The number of carbonyl (C=O) groups excluding carboxylic acids is 1. The number of aromatic nitrogens is 3. The maximum absolute atomic E-state index is 12.4. The highest BCUT2D eigenvalue weighted by atomic mass is 16.6. The number of nitrogens with zero attached hydrogens (tertiary/aromatic N) is 3. The molecule has 1 aromatic carbocycles. The van der Waals surface area contributed by atoms with E-state index in [4.69, 9.17) is 10.5 Å². The van der Waals surface area contributed by atoms with Gasteiger partial charge in [0, 0.05) is 5.39 Å². The Labute approximate surface area is 140 Å². The number of aryl methyl sites for hydroxylation is 2. The number of carbonyl (C=O) groups is 1. The lowest BCUT2D eigenvalue weighted by atomic mass is 10.1. The number of nitrogens with two attached hydrogens (primary N) is 1. The van der Waals surface area contributed by atoms with Crippen molar-refractivity contribution in [3.8, 4) is 0 Å². The van der Waals surface area contributed by atoms with Crippen LogP contribution in [-0.2, 0) is 16.1 Å². The van der Waals surface area contributed by atoms with Crippen molar-refractivity contribution >= 4 is 33.7 Å². The zero-order valence-corrected chi connectivity index (χ0v) is 14.7. The highest BCUT2D eigenvalue weighted by Crippen LogP contribution is 2.33. The lowest BCUT2D eigenvalue weighted by molar-refractivity contribution is -0.155. The van der Waals surface area contributed by atoms with E-state index in [1.54, 1.807) is 0 Å². The number of benzene rings is 1. The zero-order valence-electron chi connectivity index (χ0n) is 14.7. The molecule has 0 fully saturated rings. The Kier molecular flexibility index (Phi) is 3.70. The minimum atomic E-state index is -0.532. The number of hydrogen-bond acceptors (Lipinski definition) is 5. The van der Waals surface area contributed by atoms with E-state index in [0.29, 0.717) is 11.5 Å². The van der Waals surface area contributed by atoms with Crippen LogP contribution in [-0.4, -0.2) is 26.1 Å². The Morgan fingerprint density at radius 2 is 1.96 bits per heavy atom.